The molecule has 0 aliphatic rings. The van der Waals surface area contributed by atoms with Gasteiger partial charge in [0.05, 0.1) is 5.69 Å². The maximum Gasteiger partial charge on any atom is 0.106 e. The topological polar surface area (TPSA) is 34.1 Å². The second-order valence-corrected chi connectivity index (χ2v) is 4.46. The number of pyridine rings is 1. The van der Waals surface area contributed by atoms with E-state index in [9.17, 15) is 0 Å². The molecule has 0 spiro atoms. The van der Waals surface area contributed by atoms with Crippen LogP contribution in [0, 0.1) is 5.92 Å². The van der Waals surface area contributed by atoms with Gasteiger partial charge in [-0.3, -0.25) is 0 Å². The van der Waals surface area contributed by atoms with Crippen LogP contribution in [0.15, 0.2) is 22.8 Å². The first-order valence-electron chi connectivity index (χ1n) is 5.03. The average molecular weight is 273 g/mol. The summed E-state index contributed by atoms with van der Waals surface area (Å²) in [6.07, 6.45) is 0. The molecule has 0 bridgehead atoms. The average Bonchev–Trinajstić information content (AvgIpc) is 2.18. The van der Waals surface area contributed by atoms with Crippen LogP contribution in [-0.4, -0.2) is 25.2 Å². The van der Waals surface area contributed by atoms with Crippen molar-refractivity contribution in [2.75, 3.05) is 20.3 Å². The number of halogens is 1. The number of ether oxygens (including phenoxy) is 1. The van der Waals surface area contributed by atoms with Gasteiger partial charge < -0.3 is 10.1 Å². The minimum Gasteiger partial charge on any atom is -0.384 e. The Bertz CT molecular complexity index is 294. The fourth-order valence-corrected chi connectivity index (χ4v) is 1.72. The Labute approximate surface area is 99.4 Å². The van der Waals surface area contributed by atoms with Crippen molar-refractivity contribution >= 4 is 15.9 Å². The maximum atomic E-state index is 5.06. The number of rotatable bonds is 6. The number of aromatic nitrogens is 1. The predicted octanol–water partition coefficient (Wildman–Crippen LogP) is 2.22. The molecule has 3 nitrogen and oxygen atoms in total. The van der Waals surface area contributed by atoms with E-state index in [-0.39, 0.29) is 0 Å². The Hall–Kier alpha value is -0.450. The van der Waals surface area contributed by atoms with Gasteiger partial charge in [0, 0.05) is 26.8 Å². The van der Waals surface area contributed by atoms with Crippen molar-refractivity contribution in [1.82, 2.24) is 10.3 Å². The van der Waals surface area contributed by atoms with Gasteiger partial charge in [-0.25, -0.2) is 4.98 Å². The monoisotopic (exact) mass is 272 g/mol. The highest BCUT2D eigenvalue weighted by Gasteiger charge is 2.01. The highest BCUT2D eigenvalue weighted by atomic mass is 79.9. The van der Waals surface area contributed by atoms with Crippen LogP contribution in [0.3, 0.4) is 0 Å². The molecule has 84 valence electrons. The first-order chi connectivity index (χ1) is 7.22. The molecular weight excluding hydrogens is 256 g/mol. The van der Waals surface area contributed by atoms with E-state index < -0.39 is 0 Å². The van der Waals surface area contributed by atoms with Crippen molar-refractivity contribution in [2.24, 2.45) is 5.92 Å². The number of hydrogen-bond acceptors (Lipinski definition) is 3. The third-order valence-electron chi connectivity index (χ3n) is 2.02. The summed E-state index contributed by atoms with van der Waals surface area (Å²) >= 11 is 3.35. The lowest BCUT2D eigenvalue weighted by atomic mass is 10.2. The van der Waals surface area contributed by atoms with Gasteiger partial charge in [-0.15, -0.1) is 0 Å². The molecule has 4 heteroatoms. The van der Waals surface area contributed by atoms with Crippen LogP contribution in [0.25, 0.3) is 0 Å². The van der Waals surface area contributed by atoms with Crippen LogP contribution < -0.4 is 5.32 Å². The molecule has 1 aromatic heterocycles. The summed E-state index contributed by atoms with van der Waals surface area (Å²) in [5.74, 6) is 0.530. The standard InChI is InChI=1S/C11H17BrN2O/c1-9(8-15-2)6-13-7-10-4-3-5-11(12)14-10/h3-5,9,13H,6-8H2,1-2H3. The minimum absolute atomic E-state index is 0.530. The Kier molecular flexibility index (Phi) is 5.83. The van der Waals surface area contributed by atoms with Gasteiger partial charge in [-0.1, -0.05) is 13.0 Å². The molecule has 1 unspecified atom stereocenters. The second-order valence-electron chi connectivity index (χ2n) is 3.64. The molecule has 0 saturated carbocycles. The molecule has 1 aromatic rings. The number of methoxy groups -OCH3 is 1. The van der Waals surface area contributed by atoms with Crippen LogP contribution in [0.1, 0.15) is 12.6 Å². The Morgan fingerprint density at radius 3 is 3.00 bits per heavy atom. The summed E-state index contributed by atoms with van der Waals surface area (Å²) in [4.78, 5) is 4.34. The number of nitrogens with one attached hydrogen (secondary N) is 1. The summed E-state index contributed by atoms with van der Waals surface area (Å²) in [6, 6.07) is 5.93. The van der Waals surface area contributed by atoms with Crippen LogP contribution >= 0.6 is 15.9 Å². The van der Waals surface area contributed by atoms with Crippen molar-refractivity contribution in [3.05, 3.63) is 28.5 Å². The highest BCUT2D eigenvalue weighted by Crippen LogP contribution is 2.05. The Morgan fingerprint density at radius 1 is 1.53 bits per heavy atom. The molecule has 0 aliphatic heterocycles. The van der Waals surface area contributed by atoms with Crippen LogP contribution in [0.4, 0.5) is 0 Å². The first-order valence-corrected chi connectivity index (χ1v) is 5.82. The molecule has 0 radical (unpaired) electrons. The maximum absolute atomic E-state index is 5.06. The van der Waals surface area contributed by atoms with E-state index in [0.717, 1.165) is 30.0 Å². The van der Waals surface area contributed by atoms with Gasteiger partial charge in [0.2, 0.25) is 0 Å². The van der Waals surface area contributed by atoms with Gasteiger partial charge in [-0.2, -0.15) is 0 Å². The van der Waals surface area contributed by atoms with E-state index in [2.05, 4.69) is 33.2 Å². The van der Waals surface area contributed by atoms with E-state index >= 15 is 0 Å². The molecule has 1 atom stereocenters. The molecule has 0 amide bonds. The quantitative estimate of drug-likeness (QED) is 0.807. The Balaban J connectivity index is 2.25. The molecule has 1 rings (SSSR count). The van der Waals surface area contributed by atoms with Crippen molar-refractivity contribution in [1.29, 1.82) is 0 Å². The summed E-state index contributed by atoms with van der Waals surface area (Å²) in [5, 5.41) is 3.35. The van der Waals surface area contributed by atoms with Crippen LogP contribution in [0.2, 0.25) is 0 Å². The second kappa shape index (κ2) is 6.93. The van der Waals surface area contributed by atoms with Crippen molar-refractivity contribution < 1.29 is 4.74 Å². The molecular formula is C11H17BrN2O. The molecule has 0 fully saturated rings. The van der Waals surface area contributed by atoms with Crippen molar-refractivity contribution in [3.63, 3.8) is 0 Å². The fraction of sp³-hybridized carbons (Fsp3) is 0.545. The van der Waals surface area contributed by atoms with Crippen LogP contribution in [0.5, 0.6) is 0 Å². The third-order valence-corrected chi connectivity index (χ3v) is 2.46. The third kappa shape index (κ3) is 5.25. The predicted molar refractivity (Wildman–Crippen MR) is 64.7 cm³/mol. The van der Waals surface area contributed by atoms with Gasteiger partial charge in [0.1, 0.15) is 4.60 Å². The molecule has 1 N–H and O–H groups in total. The molecule has 0 aliphatic carbocycles. The van der Waals surface area contributed by atoms with Gasteiger partial charge in [0.15, 0.2) is 0 Å². The van der Waals surface area contributed by atoms with Gasteiger partial charge in [0.25, 0.3) is 0 Å². The van der Waals surface area contributed by atoms with E-state index in [1.807, 2.05) is 18.2 Å². The van der Waals surface area contributed by atoms with Gasteiger partial charge >= 0.3 is 0 Å². The van der Waals surface area contributed by atoms with Crippen molar-refractivity contribution in [2.45, 2.75) is 13.5 Å². The van der Waals surface area contributed by atoms with E-state index in [1.165, 1.54) is 0 Å². The Morgan fingerprint density at radius 2 is 2.33 bits per heavy atom. The number of hydrogen-bond donors (Lipinski definition) is 1. The normalized spacial score (nSPS) is 12.7. The lowest BCUT2D eigenvalue weighted by molar-refractivity contribution is 0.158. The number of nitrogens with zero attached hydrogens (tertiary/aromatic N) is 1. The zero-order valence-electron chi connectivity index (χ0n) is 9.16. The van der Waals surface area contributed by atoms with Crippen LogP contribution in [-0.2, 0) is 11.3 Å². The SMILES string of the molecule is COCC(C)CNCc1cccc(Br)n1. The lowest BCUT2D eigenvalue weighted by Gasteiger charge is -2.11. The zero-order chi connectivity index (χ0) is 11.1. The van der Waals surface area contributed by atoms with E-state index in [4.69, 9.17) is 4.74 Å². The molecule has 0 aromatic carbocycles. The fourth-order valence-electron chi connectivity index (χ4n) is 1.34. The zero-order valence-corrected chi connectivity index (χ0v) is 10.8. The largest absolute Gasteiger partial charge is 0.384 e. The smallest absolute Gasteiger partial charge is 0.106 e. The molecule has 0 saturated heterocycles. The van der Waals surface area contributed by atoms with Gasteiger partial charge in [-0.05, 0) is 34.0 Å². The van der Waals surface area contributed by atoms with Crippen molar-refractivity contribution in [3.8, 4) is 0 Å². The molecule has 1 heterocycles. The summed E-state index contributed by atoms with van der Waals surface area (Å²) in [6.45, 7) is 4.69. The highest BCUT2D eigenvalue weighted by molar-refractivity contribution is 9.10. The first kappa shape index (κ1) is 12.6. The van der Waals surface area contributed by atoms with E-state index in [0.29, 0.717) is 5.92 Å². The minimum atomic E-state index is 0.530. The summed E-state index contributed by atoms with van der Waals surface area (Å²) in [7, 11) is 1.73. The van der Waals surface area contributed by atoms with E-state index in [1.54, 1.807) is 7.11 Å². The molecule has 15 heavy (non-hydrogen) atoms. The summed E-state index contributed by atoms with van der Waals surface area (Å²) < 4.78 is 5.94. The lowest BCUT2D eigenvalue weighted by Crippen LogP contribution is -2.23. The summed E-state index contributed by atoms with van der Waals surface area (Å²) in [5.41, 5.74) is 1.05.